The number of benzene rings is 1. The van der Waals surface area contributed by atoms with Gasteiger partial charge in [-0.2, -0.15) is 0 Å². The molecule has 18 heavy (non-hydrogen) atoms. The molecule has 0 aliphatic rings. The molecular formula is C15H25NO2. The summed E-state index contributed by atoms with van der Waals surface area (Å²) in [5.74, 6) is 0. The summed E-state index contributed by atoms with van der Waals surface area (Å²) in [5, 5.41) is 3.51. The summed E-state index contributed by atoms with van der Waals surface area (Å²) < 4.78 is 11.0. The lowest BCUT2D eigenvalue weighted by Crippen LogP contribution is -2.34. The van der Waals surface area contributed by atoms with Crippen molar-refractivity contribution in [3.05, 3.63) is 35.9 Å². The minimum atomic E-state index is 0.183. The van der Waals surface area contributed by atoms with Gasteiger partial charge in [0.15, 0.2) is 0 Å². The molecule has 102 valence electrons. The Balaban J connectivity index is 2.68. The van der Waals surface area contributed by atoms with Gasteiger partial charge in [-0.25, -0.2) is 0 Å². The van der Waals surface area contributed by atoms with Crippen LogP contribution < -0.4 is 5.32 Å². The second-order valence-corrected chi connectivity index (χ2v) is 4.26. The topological polar surface area (TPSA) is 30.5 Å². The van der Waals surface area contributed by atoms with Gasteiger partial charge in [-0.15, -0.1) is 0 Å². The van der Waals surface area contributed by atoms with Gasteiger partial charge in [-0.1, -0.05) is 44.2 Å². The van der Waals surface area contributed by atoms with Crippen LogP contribution in [-0.4, -0.2) is 33.0 Å². The van der Waals surface area contributed by atoms with Crippen LogP contribution in [0.1, 0.15) is 31.9 Å². The van der Waals surface area contributed by atoms with Crippen molar-refractivity contribution < 1.29 is 9.47 Å². The van der Waals surface area contributed by atoms with E-state index in [1.807, 2.05) is 6.07 Å². The van der Waals surface area contributed by atoms with Crippen LogP contribution in [0, 0.1) is 0 Å². The monoisotopic (exact) mass is 251 g/mol. The van der Waals surface area contributed by atoms with E-state index in [2.05, 4.69) is 43.4 Å². The van der Waals surface area contributed by atoms with Gasteiger partial charge in [0.25, 0.3) is 0 Å². The maximum absolute atomic E-state index is 5.91. The molecule has 1 aromatic carbocycles. The van der Waals surface area contributed by atoms with E-state index < -0.39 is 0 Å². The Bertz CT molecular complexity index is 303. The molecule has 0 aromatic heterocycles. The van der Waals surface area contributed by atoms with Crippen molar-refractivity contribution in [3.63, 3.8) is 0 Å². The molecule has 0 heterocycles. The van der Waals surface area contributed by atoms with Crippen molar-refractivity contribution in [2.24, 2.45) is 0 Å². The third-order valence-corrected chi connectivity index (χ3v) is 2.98. The number of likely N-dealkylation sites (N-methyl/N-ethyl adjacent to an activating group) is 1. The zero-order chi connectivity index (χ0) is 13.2. The van der Waals surface area contributed by atoms with Gasteiger partial charge in [0.2, 0.25) is 0 Å². The molecule has 3 nitrogen and oxygen atoms in total. The summed E-state index contributed by atoms with van der Waals surface area (Å²) in [7, 11) is 1.70. The van der Waals surface area contributed by atoms with E-state index in [1.165, 1.54) is 5.56 Å². The Morgan fingerprint density at radius 1 is 1.11 bits per heavy atom. The van der Waals surface area contributed by atoms with Crippen molar-refractivity contribution >= 4 is 0 Å². The zero-order valence-electron chi connectivity index (χ0n) is 11.7. The number of hydrogen-bond donors (Lipinski definition) is 1. The highest BCUT2D eigenvalue weighted by Crippen LogP contribution is 2.21. The van der Waals surface area contributed by atoms with Crippen LogP contribution in [0.15, 0.2) is 30.3 Å². The Labute approximate surface area is 110 Å². The van der Waals surface area contributed by atoms with E-state index >= 15 is 0 Å². The van der Waals surface area contributed by atoms with Crippen molar-refractivity contribution in [1.29, 1.82) is 0 Å². The fourth-order valence-corrected chi connectivity index (χ4v) is 2.08. The number of methoxy groups -OCH3 is 1. The van der Waals surface area contributed by atoms with Crippen LogP contribution in [0.4, 0.5) is 0 Å². The van der Waals surface area contributed by atoms with Crippen LogP contribution in [0.25, 0.3) is 0 Å². The lowest BCUT2D eigenvalue weighted by atomic mass is 9.99. The van der Waals surface area contributed by atoms with Crippen LogP contribution in [0.5, 0.6) is 0 Å². The molecule has 0 bridgehead atoms. The van der Waals surface area contributed by atoms with Gasteiger partial charge in [0, 0.05) is 7.11 Å². The smallest absolute Gasteiger partial charge is 0.0768 e. The Kier molecular flexibility index (Phi) is 7.65. The number of rotatable bonds is 9. The minimum absolute atomic E-state index is 0.183. The lowest BCUT2D eigenvalue weighted by Gasteiger charge is -2.27. The molecule has 0 aliphatic carbocycles. The normalized spacial score (nSPS) is 14.4. The van der Waals surface area contributed by atoms with E-state index in [-0.39, 0.29) is 12.1 Å². The predicted octanol–water partition coefficient (Wildman–Crippen LogP) is 2.78. The third kappa shape index (κ3) is 4.77. The number of hydrogen-bond acceptors (Lipinski definition) is 3. The van der Waals surface area contributed by atoms with Crippen molar-refractivity contribution in [2.45, 2.75) is 32.4 Å². The highest BCUT2D eigenvalue weighted by atomic mass is 16.5. The van der Waals surface area contributed by atoms with Crippen LogP contribution in [0.2, 0.25) is 0 Å². The highest BCUT2D eigenvalue weighted by molar-refractivity contribution is 5.20. The van der Waals surface area contributed by atoms with E-state index in [1.54, 1.807) is 7.11 Å². The Morgan fingerprint density at radius 3 is 2.39 bits per heavy atom. The first-order valence-corrected chi connectivity index (χ1v) is 6.72. The summed E-state index contributed by atoms with van der Waals surface area (Å²) in [4.78, 5) is 0. The number of nitrogens with one attached hydrogen (secondary N) is 1. The van der Waals surface area contributed by atoms with E-state index in [0.29, 0.717) is 13.2 Å². The van der Waals surface area contributed by atoms with Crippen molar-refractivity contribution in [3.8, 4) is 0 Å². The summed E-state index contributed by atoms with van der Waals surface area (Å²) in [5.41, 5.74) is 1.28. The van der Waals surface area contributed by atoms with Gasteiger partial charge in [0.05, 0.1) is 25.4 Å². The van der Waals surface area contributed by atoms with Gasteiger partial charge in [-0.3, -0.25) is 0 Å². The summed E-state index contributed by atoms with van der Waals surface area (Å²) in [6, 6.07) is 10.7. The molecule has 1 N–H and O–H groups in total. The molecule has 1 rings (SSSR count). The van der Waals surface area contributed by atoms with Gasteiger partial charge >= 0.3 is 0 Å². The summed E-state index contributed by atoms with van der Waals surface area (Å²) in [6.07, 6.45) is 1.17. The molecule has 3 heteroatoms. The van der Waals surface area contributed by atoms with Crippen LogP contribution in [-0.2, 0) is 9.47 Å². The maximum atomic E-state index is 5.91. The fourth-order valence-electron chi connectivity index (χ4n) is 2.08. The lowest BCUT2D eigenvalue weighted by molar-refractivity contribution is -0.00403. The SMILES string of the molecule is CCNC(c1ccccc1)C(CC)OCCOC. The van der Waals surface area contributed by atoms with Crippen LogP contribution in [0.3, 0.4) is 0 Å². The second-order valence-electron chi connectivity index (χ2n) is 4.26. The average Bonchev–Trinajstić information content (AvgIpc) is 2.43. The Hall–Kier alpha value is -0.900. The maximum Gasteiger partial charge on any atom is 0.0768 e. The minimum Gasteiger partial charge on any atom is -0.382 e. The molecule has 0 saturated carbocycles. The Morgan fingerprint density at radius 2 is 1.83 bits per heavy atom. The molecule has 0 radical (unpaired) electrons. The first-order chi connectivity index (χ1) is 8.83. The largest absolute Gasteiger partial charge is 0.382 e. The molecule has 0 fully saturated rings. The van der Waals surface area contributed by atoms with Gasteiger partial charge < -0.3 is 14.8 Å². The van der Waals surface area contributed by atoms with Crippen LogP contribution >= 0.6 is 0 Å². The fraction of sp³-hybridized carbons (Fsp3) is 0.600. The van der Waals surface area contributed by atoms with E-state index in [0.717, 1.165) is 13.0 Å². The van der Waals surface area contributed by atoms with E-state index in [9.17, 15) is 0 Å². The zero-order valence-corrected chi connectivity index (χ0v) is 11.7. The standard InChI is InChI=1S/C15H25NO2/c1-4-14(18-12-11-17-3)15(16-5-2)13-9-7-6-8-10-13/h6-10,14-16H,4-5,11-12H2,1-3H3. The summed E-state index contributed by atoms with van der Waals surface area (Å²) in [6.45, 7) is 6.50. The first kappa shape index (κ1) is 15.2. The molecular weight excluding hydrogens is 226 g/mol. The quantitative estimate of drug-likeness (QED) is 0.685. The molecule has 0 aliphatic heterocycles. The number of ether oxygens (including phenoxy) is 2. The molecule has 1 aromatic rings. The third-order valence-electron chi connectivity index (χ3n) is 2.98. The van der Waals surface area contributed by atoms with Crippen molar-refractivity contribution in [1.82, 2.24) is 5.32 Å². The van der Waals surface area contributed by atoms with E-state index in [4.69, 9.17) is 9.47 Å². The second kappa shape index (κ2) is 9.09. The van der Waals surface area contributed by atoms with Crippen molar-refractivity contribution in [2.75, 3.05) is 26.9 Å². The molecule has 2 atom stereocenters. The average molecular weight is 251 g/mol. The molecule has 0 spiro atoms. The van der Waals surface area contributed by atoms with Gasteiger partial charge in [0.1, 0.15) is 0 Å². The summed E-state index contributed by atoms with van der Waals surface area (Å²) >= 11 is 0. The molecule has 0 saturated heterocycles. The van der Waals surface area contributed by atoms with Gasteiger partial charge in [-0.05, 0) is 18.5 Å². The molecule has 2 unspecified atom stereocenters. The first-order valence-electron chi connectivity index (χ1n) is 6.72. The highest BCUT2D eigenvalue weighted by Gasteiger charge is 2.21. The molecule has 0 amide bonds. The predicted molar refractivity (Wildman–Crippen MR) is 74.8 cm³/mol.